The van der Waals surface area contributed by atoms with Crippen LogP contribution in [-0.2, 0) is 9.59 Å². The topological polar surface area (TPSA) is 88.3 Å². The molecule has 2 aliphatic heterocycles. The Bertz CT molecular complexity index is 827. The van der Waals surface area contributed by atoms with E-state index >= 15 is 0 Å². The summed E-state index contributed by atoms with van der Waals surface area (Å²) >= 11 is 0. The molecule has 6 nitrogen and oxygen atoms in total. The summed E-state index contributed by atoms with van der Waals surface area (Å²) in [5.74, 6) is 0.289. The third-order valence-electron chi connectivity index (χ3n) is 5.27. The van der Waals surface area contributed by atoms with Gasteiger partial charge in [0.25, 0.3) is 0 Å². The molecule has 0 radical (unpaired) electrons. The smallest absolute Gasteiger partial charge is 0.245 e. The quantitative estimate of drug-likeness (QED) is 0.874. The largest absolute Gasteiger partial charge is 0.397 e. The lowest BCUT2D eigenvalue weighted by atomic mass is 9.91. The summed E-state index contributed by atoms with van der Waals surface area (Å²) in [7, 11) is 0. The molecular weight excluding hydrogens is 316 g/mol. The van der Waals surface area contributed by atoms with Crippen molar-refractivity contribution in [3.63, 3.8) is 0 Å². The fourth-order valence-corrected chi connectivity index (χ4v) is 3.87. The van der Waals surface area contributed by atoms with Crippen LogP contribution in [0.4, 0.5) is 5.69 Å². The van der Waals surface area contributed by atoms with Gasteiger partial charge in [0, 0.05) is 30.8 Å². The minimum Gasteiger partial charge on any atom is -0.397 e. The van der Waals surface area contributed by atoms with E-state index < -0.39 is 0 Å². The molecule has 2 aromatic rings. The Kier molecular flexibility index (Phi) is 4.03. The molecule has 0 unspecified atom stereocenters. The Balaban J connectivity index is 1.46. The first kappa shape index (κ1) is 15.9. The lowest BCUT2D eigenvalue weighted by molar-refractivity contribution is -0.135. The molecule has 2 saturated heterocycles. The highest BCUT2D eigenvalue weighted by Gasteiger charge is 2.33. The number of hydrogen-bond acceptors (Lipinski definition) is 4. The van der Waals surface area contributed by atoms with Crippen molar-refractivity contribution in [1.82, 2.24) is 15.2 Å². The average molecular weight is 338 g/mol. The minimum atomic E-state index is -0.340. The Morgan fingerprint density at radius 1 is 1.20 bits per heavy atom. The van der Waals surface area contributed by atoms with Crippen LogP contribution in [0, 0.1) is 0 Å². The molecule has 2 fully saturated rings. The summed E-state index contributed by atoms with van der Waals surface area (Å²) in [5.41, 5.74) is 8.87. The van der Waals surface area contributed by atoms with Crippen LogP contribution in [0.1, 0.15) is 37.3 Å². The van der Waals surface area contributed by atoms with E-state index in [0.29, 0.717) is 25.9 Å². The van der Waals surface area contributed by atoms with Crippen LogP contribution in [0.5, 0.6) is 0 Å². The number of nitrogen functional groups attached to an aromatic ring is 1. The first-order chi connectivity index (χ1) is 12.1. The molecule has 3 heterocycles. The molecule has 0 aliphatic carbocycles. The van der Waals surface area contributed by atoms with Crippen LogP contribution in [0.25, 0.3) is 10.9 Å². The van der Waals surface area contributed by atoms with E-state index in [4.69, 9.17) is 10.7 Å². The molecule has 0 spiro atoms. The van der Waals surface area contributed by atoms with Crippen LogP contribution >= 0.6 is 0 Å². The number of hydrogen-bond donors (Lipinski definition) is 2. The zero-order valence-corrected chi connectivity index (χ0v) is 14.1. The highest BCUT2D eigenvalue weighted by Crippen LogP contribution is 2.32. The molecule has 0 bridgehead atoms. The number of carbonyl (C=O) groups is 2. The summed E-state index contributed by atoms with van der Waals surface area (Å²) < 4.78 is 0. The van der Waals surface area contributed by atoms with Gasteiger partial charge in [-0.05, 0) is 31.4 Å². The molecule has 1 atom stereocenters. The third kappa shape index (κ3) is 3.04. The molecule has 0 saturated carbocycles. The highest BCUT2D eigenvalue weighted by atomic mass is 16.2. The monoisotopic (exact) mass is 338 g/mol. The summed E-state index contributed by atoms with van der Waals surface area (Å²) in [6.07, 6.45) is 2.76. The Morgan fingerprint density at radius 2 is 1.96 bits per heavy atom. The SMILES string of the molecule is Nc1cc2ccccc2nc1C1CCN(C(=O)[C@H]2CCC(=O)N2)CC1. The van der Waals surface area contributed by atoms with E-state index in [9.17, 15) is 9.59 Å². The van der Waals surface area contributed by atoms with Gasteiger partial charge in [-0.3, -0.25) is 14.6 Å². The van der Waals surface area contributed by atoms with Crippen LogP contribution in [-0.4, -0.2) is 40.8 Å². The fourth-order valence-electron chi connectivity index (χ4n) is 3.87. The maximum Gasteiger partial charge on any atom is 0.245 e. The zero-order chi connectivity index (χ0) is 17.4. The normalized spacial score (nSPS) is 21.5. The number of para-hydroxylation sites is 1. The number of nitrogens with two attached hydrogens (primary N) is 1. The number of nitrogens with zero attached hydrogens (tertiary/aromatic N) is 2. The number of rotatable bonds is 2. The van der Waals surface area contributed by atoms with Gasteiger partial charge in [-0.1, -0.05) is 18.2 Å². The predicted octanol–water partition coefficient (Wildman–Crippen LogP) is 1.80. The van der Waals surface area contributed by atoms with Crippen molar-refractivity contribution in [2.24, 2.45) is 0 Å². The molecule has 2 aliphatic rings. The molecule has 6 heteroatoms. The number of aromatic nitrogens is 1. The molecule has 1 aromatic carbocycles. The lowest BCUT2D eigenvalue weighted by Crippen LogP contribution is -2.47. The van der Waals surface area contributed by atoms with Crippen molar-refractivity contribution in [2.45, 2.75) is 37.6 Å². The molecule has 25 heavy (non-hydrogen) atoms. The van der Waals surface area contributed by atoms with Gasteiger partial charge in [0.05, 0.1) is 16.9 Å². The first-order valence-corrected chi connectivity index (χ1v) is 8.85. The molecule has 3 N–H and O–H groups in total. The maximum absolute atomic E-state index is 12.5. The van der Waals surface area contributed by atoms with Crippen LogP contribution < -0.4 is 11.1 Å². The molecule has 4 rings (SSSR count). The Hall–Kier alpha value is -2.63. The number of benzene rings is 1. The van der Waals surface area contributed by atoms with Gasteiger partial charge in [0.15, 0.2) is 0 Å². The number of anilines is 1. The second kappa shape index (κ2) is 6.35. The number of fused-ring (bicyclic) bond motifs is 1. The number of piperidine rings is 1. The van der Waals surface area contributed by atoms with Crippen LogP contribution in [0.2, 0.25) is 0 Å². The van der Waals surface area contributed by atoms with Crippen molar-refractivity contribution in [3.05, 3.63) is 36.0 Å². The second-order valence-electron chi connectivity index (χ2n) is 6.91. The Morgan fingerprint density at radius 3 is 2.68 bits per heavy atom. The summed E-state index contributed by atoms with van der Waals surface area (Å²) in [4.78, 5) is 30.5. The van der Waals surface area contributed by atoms with Crippen molar-refractivity contribution in [1.29, 1.82) is 0 Å². The van der Waals surface area contributed by atoms with Gasteiger partial charge in [0.2, 0.25) is 11.8 Å². The third-order valence-corrected chi connectivity index (χ3v) is 5.27. The van der Waals surface area contributed by atoms with Crippen LogP contribution in [0.15, 0.2) is 30.3 Å². The summed E-state index contributed by atoms with van der Waals surface area (Å²) in [5, 5.41) is 3.81. The van der Waals surface area contributed by atoms with Crippen LogP contribution in [0.3, 0.4) is 0 Å². The van der Waals surface area contributed by atoms with Crippen molar-refractivity contribution >= 4 is 28.4 Å². The summed E-state index contributed by atoms with van der Waals surface area (Å²) in [6.45, 7) is 1.37. The number of nitrogens with one attached hydrogen (secondary N) is 1. The van der Waals surface area contributed by atoms with Gasteiger partial charge >= 0.3 is 0 Å². The number of carbonyl (C=O) groups excluding carboxylic acids is 2. The van der Waals surface area contributed by atoms with E-state index in [2.05, 4.69) is 5.32 Å². The Labute approximate surface area is 146 Å². The van der Waals surface area contributed by atoms with E-state index in [0.717, 1.165) is 35.1 Å². The molecule has 130 valence electrons. The predicted molar refractivity (Wildman–Crippen MR) is 95.9 cm³/mol. The van der Waals surface area contributed by atoms with E-state index in [1.165, 1.54) is 0 Å². The first-order valence-electron chi connectivity index (χ1n) is 8.85. The average Bonchev–Trinajstić information content (AvgIpc) is 3.07. The summed E-state index contributed by atoms with van der Waals surface area (Å²) in [6, 6.07) is 9.62. The van der Waals surface area contributed by atoms with Gasteiger partial charge in [-0.25, -0.2) is 0 Å². The lowest BCUT2D eigenvalue weighted by Gasteiger charge is -2.33. The van der Waals surface area contributed by atoms with Gasteiger partial charge in [-0.15, -0.1) is 0 Å². The van der Waals surface area contributed by atoms with E-state index in [1.54, 1.807) is 0 Å². The fraction of sp³-hybridized carbons (Fsp3) is 0.421. The van der Waals surface area contributed by atoms with Crippen molar-refractivity contribution in [3.8, 4) is 0 Å². The molecular formula is C19H22N4O2. The second-order valence-corrected chi connectivity index (χ2v) is 6.91. The van der Waals surface area contributed by atoms with Crippen molar-refractivity contribution in [2.75, 3.05) is 18.8 Å². The van der Waals surface area contributed by atoms with E-state index in [1.807, 2.05) is 35.2 Å². The molecule has 1 aromatic heterocycles. The van der Waals surface area contributed by atoms with E-state index in [-0.39, 0.29) is 23.8 Å². The standard InChI is InChI=1S/C19H22N4O2/c20-14-11-13-3-1-2-4-15(13)22-18(14)12-7-9-23(10-8-12)19(25)16-5-6-17(24)21-16/h1-4,11-12,16H,5-10,20H2,(H,21,24)/t16-/m1/s1. The van der Waals surface area contributed by atoms with Crippen molar-refractivity contribution < 1.29 is 9.59 Å². The highest BCUT2D eigenvalue weighted by molar-refractivity contribution is 5.90. The van der Waals surface area contributed by atoms with Gasteiger partial charge in [-0.2, -0.15) is 0 Å². The number of pyridine rings is 1. The maximum atomic E-state index is 12.5. The minimum absolute atomic E-state index is 0.0265. The molecule has 2 amide bonds. The number of likely N-dealkylation sites (tertiary alicyclic amines) is 1. The van der Waals surface area contributed by atoms with Gasteiger partial charge in [0.1, 0.15) is 6.04 Å². The number of amides is 2. The zero-order valence-electron chi connectivity index (χ0n) is 14.1. The van der Waals surface area contributed by atoms with Gasteiger partial charge < -0.3 is 16.0 Å².